The number of amides is 1. The zero-order chi connectivity index (χ0) is 13.7. The third kappa shape index (κ3) is 3.21. The van der Waals surface area contributed by atoms with Crippen LogP contribution in [0.25, 0.3) is 0 Å². The highest BCUT2D eigenvalue weighted by atomic mass is 16.2. The predicted octanol–water partition coefficient (Wildman–Crippen LogP) is 1.31. The number of anilines is 1. The molecule has 2 aromatic rings. The van der Waals surface area contributed by atoms with Gasteiger partial charge in [0.05, 0.1) is 17.4 Å². The van der Waals surface area contributed by atoms with Gasteiger partial charge in [0.1, 0.15) is 6.61 Å². The van der Waals surface area contributed by atoms with Crippen LogP contribution in [0.5, 0.6) is 0 Å². The molecular weight excluding hydrogens is 242 g/mol. The number of nitrogens with one attached hydrogen (secondary N) is 2. The Labute approximate surface area is 110 Å². The van der Waals surface area contributed by atoms with E-state index in [9.17, 15) is 4.79 Å². The second-order valence-corrected chi connectivity index (χ2v) is 3.95. The molecule has 0 bridgehead atoms. The maximum absolute atomic E-state index is 12.1. The molecule has 0 radical (unpaired) electrons. The number of aromatic amines is 1. The van der Waals surface area contributed by atoms with Crippen molar-refractivity contribution in [2.24, 2.45) is 0 Å². The van der Waals surface area contributed by atoms with Crippen LogP contribution in [-0.4, -0.2) is 27.8 Å². The minimum atomic E-state index is -0.261. The molecule has 0 saturated carbocycles. The maximum atomic E-state index is 12.1. The topological polar surface area (TPSA) is 78.0 Å². The van der Waals surface area contributed by atoms with Gasteiger partial charge in [0.2, 0.25) is 0 Å². The average molecular weight is 255 g/mol. The molecule has 1 heterocycles. The minimum absolute atomic E-state index is 0.239. The lowest BCUT2D eigenvalue weighted by Crippen LogP contribution is -2.13. The second kappa shape index (κ2) is 5.85. The predicted molar refractivity (Wildman–Crippen MR) is 71.7 cm³/mol. The van der Waals surface area contributed by atoms with Crippen LogP contribution in [-0.2, 0) is 0 Å². The molecule has 0 aliphatic carbocycles. The van der Waals surface area contributed by atoms with Crippen LogP contribution in [0.2, 0.25) is 0 Å². The molecule has 5 nitrogen and oxygen atoms in total. The number of aliphatic hydroxyl groups excluding tert-OH is 1. The molecule has 0 aliphatic rings. The number of hydrogen-bond donors (Lipinski definition) is 3. The number of carbonyl (C=O) groups is 1. The SMILES string of the molecule is Cc1ccc(C(=O)Nc2cn[nH]c2)c(C#CCO)c1. The smallest absolute Gasteiger partial charge is 0.257 e. The largest absolute Gasteiger partial charge is 0.384 e. The lowest BCUT2D eigenvalue weighted by molar-refractivity contribution is 0.102. The van der Waals surface area contributed by atoms with Crippen LogP contribution in [0.1, 0.15) is 21.5 Å². The Morgan fingerprint density at radius 1 is 1.53 bits per heavy atom. The number of aromatic nitrogens is 2. The van der Waals surface area contributed by atoms with E-state index in [1.165, 1.54) is 6.20 Å². The Kier molecular flexibility index (Phi) is 3.96. The second-order valence-electron chi connectivity index (χ2n) is 3.95. The molecular formula is C14H13N3O2. The third-order valence-electron chi connectivity index (χ3n) is 2.48. The number of rotatable bonds is 2. The van der Waals surface area contributed by atoms with Crippen LogP contribution in [0.3, 0.4) is 0 Å². The van der Waals surface area contributed by atoms with Gasteiger partial charge < -0.3 is 10.4 Å². The van der Waals surface area contributed by atoms with Gasteiger partial charge in [0, 0.05) is 11.8 Å². The summed E-state index contributed by atoms with van der Waals surface area (Å²) in [6.45, 7) is 1.68. The Hall–Kier alpha value is -2.58. The van der Waals surface area contributed by atoms with Crippen molar-refractivity contribution in [1.82, 2.24) is 10.2 Å². The van der Waals surface area contributed by atoms with Gasteiger partial charge in [-0.2, -0.15) is 5.10 Å². The van der Waals surface area contributed by atoms with E-state index in [1.807, 2.05) is 19.1 Å². The summed E-state index contributed by atoms with van der Waals surface area (Å²) in [5.41, 5.74) is 2.65. The summed E-state index contributed by atoms with van der Waals surface area (Å²) in [6, 6.07) is 5.37. The normalized spacial score (nSPS) is 9.58. The van der Waals surface area contributed by atoms with Crippen molar-refractivity contribution in [3.8, 4) is 11.8 Å². The molecule has 0 aliphatic heterocycles. The summed E-state index contributed by atoms with van der Waals surface area (Å²) >= 11 is 0. The highest BCUT2D eigenvalue weighted by Gasteiger charge is 2.11. The van der Waals surface area contributed by atoms with Gasteiger partial charge in [0.25, 0.3) is 5.91 Å². The first kappa shape index (κ1) is 12.9. The standard InChI is InChI=1S/C14H13N3O2/c1-10-4-5-13(11(7-10)3-2-6-18)14(19)17-12-8-15-16-9-12/h4-5,7-9,18H,6H2,1H3,(H,15,16)(H,17,19). The van der Waals surface area contributed by atoms with Gasteiger partial charge in [-0.3, -0.25) is 9.89 Å². The van der Waals surface area contributed by atoms with Gasteiger partial charge in [-0.15, -0.1) is 0 Å². The van der Waals surface area contributed by atoms with Crippen LogP contribution >= 0.6 is 0 Å². The number of hydrogen-bond acceptors (Lipinski definition) is 3. The Bertz CT molecular complexity index is 636. The molecule has 19 heavy (non-hydrogen) atoms. The first-order valence-electron chi connectivity index (χ1n) is 5.71. The van der Waals surface area contributed by atoms with E-state index in [4.69, 9.17) is 5.11 Å². The minimum Gasteiger partial charge on any atom is -0.384 e. The molecule has 0 atom stereocenters. The summed E-state index contributed by atoms with van der Waals surface area (Å²) in [5, 5.41) is 17.8. The van der Waals surface area contributed by atoms with Crippen molar-refractivity contribution >= 4 is 11.6 Å². The average Bonchev–Trinajstić information content (AvgIpc) is 2.89. The number of H-pyrrole nitrogens is 1. The molecule has 2 rings (SSSR count). The molecule has 1 aromatic carbocycles. The number of carbonyl (C=O) groups excluding carboxylic acids is 1. The van der Waals surface area contributed by atoms with Crippen LogP contribution in [0.4, 0.5) is 5.69 Å². The van der Waals surface area contributed by atoms with Crippen LogP contribution < -0.4 is 5.32 Å². The monoisotopic (exact) mass is 255 g/mol. The van der Waals surface area contributed by atoms with Crippen LogP contribution in [0, 0.1) is 18.8 Å². The van der Waals surface area contributed by atoms with Crippen molar-refractivity contribution in [2.75, 3.05) is 11.9 Å². The van der Waals surface area contributed by atoms with Gasteiger partial charge in [-0.25, -0.2) is 0 Å². The van der Waals surface area contributed by atoms with Crippen LogP contribution in [0.15, 0.2) is 30.6 Å². The van der Waals surface area contributed by atoms with Gasteiger partial charge >= 0.3 is 0 Å². The molecule has 1 amide bonds. The molecule has 96 valence electrons. The molecule has 3 N–H and O–H groups in total. The molecule has 5 heteroatoms. The fourth-order valence-electron chi connectivity index (χ4n) is 1.61. The van der Waals surface area contributed by atoms with Gasteiger partial charge in [-0.1, -0.05) is 17.9 Å². The quantitative estimate of drug-likeness (QED) is 0.708. The number of aryl methyl sites for hydroxylation is 1. The molecule has 0 saturated heterocycles. The fourth-order valence-corrected chi connectivity index (χ4v) is 1.61. The van der Waals surface area contributed by atoms with E-state index in [2.05, 4.69) is 27.4 Å². The summed E-state index contributed by atoms with van der Waals surface area (Å²) in [6.07, 6.45) is 3.11. The van der Waals surface area contributed by atoms with Crippen molar-refractivity contribution in [3.05, 3.63) is 47.3 Å². The number of benzene rings is 1. The summed E-state index contributed by atoms with van der Waals surface area (Å²) < 4.78 is 0. The van der Waals surface area contributed by atoms with E-state index in [0.29, 0.717) is 16.8 Å². The summed E-state index contributed by atoms with van der Waals surface area (Å²) in [7, 11) is 0. The number of aliphatic hydroxyl groups is 1. The van der Waals surface area contributed by atoms with Crippen molar-refractivity contribution in [3.63, 3.8) is 0 Å². The number of nitrogens with zero attached hydrogens (tertiary/aromatic N) is 1. The Morgan fingerprint density at radius 2 is 2.37 bits per heavy atom. The molecule has 0 spiro atoms. The zero-order valence-electron chi connectivity index (χ0n) is 10.4. The molecule has 0 unspecified atom stereocenters. The Balaban J connectivity index is 2.30. The first-order valence-corrected chi connectivity index (χ1v) is 5.71. The highest BCUT2D eigenvalue weighted by Crippen LogP contribution is 2.13. The highest BCUT2D eigenvalue weighted by molar-refractivity contribution is 6.05. The van der Waals surface area contributed by atoms with Crippen molar-refractivity contribution in [2.45, 2.75) is 6.92 Å². The third-order valence-corrected chi connectivity index (χ3v) is 2.48. The molecule has 1 aromatic heterocycles. The van der Waals surface area contributed by atoms with Gasteiger partial charge in [-0.05, 0) is 24.6 Å². The van der Waals surface area contributed by atoms with Crippen molar-refractivity contribution in [1.29, 1.82) is 0 Å². The van der Waals surface area contributed by atoms with E-state index in [0.717, 1.165) is 5.56 Å². The lowest BCUT2D eigenvalue weighted by Gasteiger charge is -2.06. The fraction of sp³-hybridized carbons (Fsp3) is 0.143. The molecule has 0 fully saturated rings. The zero-order valence-corrected chi connectivity index (χ0v) is 10.4. The van der Waals surface area contributed by atoms with Gasteiger partial charge in [0.15, 0.2) is 0 Å². The van der Waals surface area contributed by atoms with E-state index < -0.39 is 0 Å². The van der Waals surface area contributed by atoms with E-state index >= 15 is 0 Å². The van der Waals surface area contributed by atoms with E-state index in [1.54, 1.807) is 12.3 Å². The summed E-state index contributed by atoms with van der Waals surface area (Å²) in [4.78, 5) is 12.1. The Morgan fingerprint density at radius 3 is 3.05 bits per heavy atom. The first-order chi connectivity index (χ1) is 9.20. The summed E-state index contributed by atoms with van der Waals surface area (Å²) in [5.74, 6) is 5.07. The van der Waals surface area contributed by atoms with Crippen molar-refractivity contribution < 1.29 is 9.90 Å². The lowest BCUT2D eigenvalue weighted by atomic mass is 10.0. The van der Waals surface area contributed by atoms with E-state index in [-0.39, 0.29) is 12.5 Å². The maximum Gasteiger partial charge on any atom is 0.257 e.